The van der Waals surface area contributed by atoms with Crippen molar-refractivity contribution >= 4 is 33.6 Å². The number of benzene rings is 2. The van der Waals surface area contributed by atoms with E-state index in [0.29, 0.717) is 24.1 Å². The first-order valence-corrected chi connectivity index (χ1v) is 10.2. The van der Waals surface area contributed by atoms with Crippen LogP contribution < -0.4 is 5.69 Å². The number of nitrogens with one attached hydrogen (secondary N) is 1. The molecule has 0 bridgehead atoms. The molecule has 6 heteroatoms. The number of imidazole rings is 1. The fraction of sp³-hybridized carbons (Fsp3) is 0.250. The number of hydrogen-bond donors (Lipinski definition) is 2. The van der Waals surface area contributed by atoms with E-state index in [1.54, 1.807) is 9.13 Å². The lowest BCUT2D eigenvalue weighted by molar-refractivity contribution is -0.132. The van der Waals surface area contributed by atoms with E-state index in [1.165, 1.54) is 0 Å². The number of carbonyl (C=O) groups is 1. The zero-order valence-corrected chi connectivity index (χ0v) is 17.0. The first-order valence-electron chi connectivity index (χ1n) is 10.2. The highest BCUT2D eigenvalue weighted by Gasteiger charge is 2.27. The SMILES string of the molecule is Cc1cccc2[nH]cc(C(C)n3c(=O)n(C4=C(C(=O)O)CCC4)c4ccccc43)c12. The van der Waals surface area contributed by atoms with Gasteiger partial charge in [-0.1, -0.05) is 24.3 Å². The van der Waals surface area contributed by atoms with E-state index in [-0.39, 0.29) is 11.7 Å². The average Bonchev–Trinajstić information content (AvgIpc) is 3.43. The number of aromatic amines is 1. The lowest BCUT2D eigenvalue weighted by atomic mass is 10.0. The number of aliphatic carboxylic acids is 1. The summed E-state index contributed by atoms with van der Waals surface area (Å²) in [7, 11) is 0. The zero-order chi connectivity index (χ0) is 21.0. The van der Waals surface area contributed by atoms with Crippen molar-refractivity contribution < 1.29 is 9.90 Å². The Balaban J connectivity index is 1.79. The van der Waals surface area contributed by atoms with Crippen molar-refractivity contribution in [2.75, 3.05) is 0 Å². The Kier molecular flexibility index (Phi) is 4.17. The number of carboxylic acid groups (broad SMARTS) is 1. The van der Waals surface area contributed by atoms with Gasteiger partial charge in [0.25, 0.3) is 0 Å². The minimum Gasteiger partial charge on any atom is -0.478 e. The molecule has 1 aliphatic rings. The van der Waals surface area contributed by atoms with Gasteiger partial charge in [-0.3, -0.25) is 9.13 Å². The second-order valence-corrected chi connectivity index (χ2v) is 7.98. The van der Waals surface area contributed by atoms with E-state index in [2.05, 4.69) is 18.0 Å². The molecule has 0 aliphatic heterocycles. The minimum atomic E-state index is -0.938. The fourth-order valence-electron chi connectivity index (χ4n) is 4.88. The van der Waals surface area contributed by atoms with Gasteiger partial charge in [0.05, 0.1) is 22.6 Å². The summed E-state index contributed by atoms with van der Waals surface area (Å²) in [4.78, 5) is 28.8. The molecule has 0 saturated heterocycles. The Labute approximate surface area is 173 Å². The maximum atomic E-state index is 13.7. The summed E-state index contributed by atoms with van der Waals surface area (Å²) < 4.78 is 3.40. The third kappa shape index (κ3) is 2.56. The number of rotatable bonds is 4. The normalized spacial score (nSPS) is 15.4. The van der Waals surface area contributed by atoms with E-state index < -0.39 is 5.97 Å². The van der Waals surface area contributed by atoms with Crippen LogP contribution in [0.3, 0.4) is 0 Å². The van der Waals surface area contributed by atoms with Gasteiger partial charge in [0.1, 0.15) is 0 Å². The first-order chi connectivity index (χ1) is 14.5. The van der Waals surface area contributed by atoms with Crippen molar-refractivity contribution in [1.29, 1.82) is 0 Å². The van der Waals surface area contributed by atoms with Gasteiger partial charge in [0, 0.05) is 28.4 Å². The molecule has 0 spiro atoms. The fourth-order valence-corrected chi connectivity index (χ4v) is 4.88. The number of para-hydroxylation sites is 2. The smallest absolute Gasteiger partial charge is 0.334 e. The predicted octanol–water partition coefficient (Wildman–Crippen LogP) is 4.68. The van der Waals surface area contributed by atoms with Gasteiger partial charge in [-0.15, -0.1) is 0 Å². The van der Waals surface area contributed by atoms with E-state index >= 15 is 0 Å². The first kappa shape index (κ1) is 18.5. The Morgan fingerprint density at radius 3 is 2.63 bits per heavy atom. The van der Waals surface area contributed by atoms with Crippen molar-refractivity contribution in [2.24, 2.45) is 0 Å². The summed E-state index contributed by atoms with van der Waals surface area (Å²) in [6.45, 7) is 4.09. The van der Waals surface area contributed by atoms with Crippen LogP contribution in [-0.4, -0.2) is 25.2 Å². The van der Waals surface area contributed by atoms with Crippen LogP contribution in [0.4, 0.5) is 0 Å². The van der Waals surface area contributed by atoms with Gasteiger partial charge < -0.3 is 10.1 Å². The van der Waals surface area contributed by atoms with Crippen molar-refractivity contribution in [3.05, 3.63) is 75.8 Å². The van der Waals surface area contributed by atoms with Crippen molar-refractivity contribution in [3.63, 3.8) is 0 Å². The van der Waals surface area contributed by atoms with E-state index in [4.69, 9.17) is 0 Å². The zero-order valence-electron chi connectivity index (χ0n) is 17.0. The van der Waals surface area contributed by atoms with Crippen LogP contribution >= 0.6 is 0 Å². The molecular weight excluding hydrogens is 378 g/mol. The lowest BCUT2D eigenvalue weighted by Crippen LogP contribution is -2.27. The summed E-state index contributed by atoms with van der Waals surface area (Å²) in [5, 5.41) is 10.8. The van der Waals surface area contributed by atoms with Crippen LogP contribution in [0.1, 0.15) is 43.4 Å². The molecule has 4 aromatic rings. The molecule has 2 N–H and O–H groups in total. The largest absolute Gasteiger partial charge is 0.478 e. The number of hydrogen-bond acceptors (Lipinski definition) is 2. The van der Waals surface area contributed by atoms with Crippen LogP contribution in [-0.2, 0) is 4.79 Å². The summed E-state index contributed by atoms with van der Waals surface area (Å²) in [5.41, 5.74) is 5.57. The number of aryl methyl sites for hydroxylation is 1. The van der Waals surface area contributed by atoms with Gasteiger partial charge in [-0.25, -0.2) is 9.59 Å². The molecule has 1 unspecified atom stereocenters. The summed E-state index contributed by atoms with van der Waals surface area (Å²) in [5.74, 6) is -0.938. The molecule has 0 amide bonds. The highest BCUT2D eigenvalue weighted by Crippen LogP contribution is 2.34. The molecule has 0 radical (unpaired) electrons. The third-order valence-corrected chi connectivity index (χ3v) is 6.28. The van der Waals surface area contributed by atoms with E-state index in [9.17, 15) is 14.7 Å². The van der Waals surface area contributed by atoms with Crippen LogP contribution in [0, 0.1) is 6.92 Å². The Morgan fingerprint density at radius 2 is 1.87 bits per heavy atom. The third-order valence-electron chi connectivity index (χ3n) is 6.28. The van der Waals surface area contributed by atoms with Gasteiger partial charge in [-0.2, -0.15) is 0 Å². The Hall–Kier alpha value is -3.54. The number of allylic oxidation sites excluding steroid dienone is 1. The molecule has 2 heterocycles. The molecule has 0 saturated carbocycles. The number of H-pyrrole nitrogens is 1. The number of fused-ring (bicyclic) bond motifs is 2. The van der Waals surface area contributed by atoms with Gasteiger partial charge in [0.15, 0.2) is 0 Å². The monoisotopic (exact) mass is 401 g/mol. The Bertz CT molecular complexity index is 1400. The van der Waals surface area contributed by atoms with Crippen molar-refractivity contribution in [1.82, 2.24) is 14.1 Å². The highest BCUT2D eigenvalue weighted by atomic mass is 16.4. The predicted molar refractivity (Wildman–Crippen MR) is 118 cm³/mol. The highest BCUT2D eigenvalue weighted by molar-refractivity contribution is 5.96. The van der Waals surface area contributed by atoms with Crippen LogP contribution in [0.25, 0.3) is 27.6 Å². The maximum Gasteiger partial charge on any atom is 0.334 e. The van der Waals surface area contributed by atoms with Crippen molar-refractivity contribution in [3.8, 4) is 0 Å². The standard InChI is InChI=1S/C24H23N3O3/c1-14-7-5-9-18-22(14)17(13-25-18)15(2)26-20-10-3-4-11-21(20)27(24(26)30)19-12-6-8-16(19)23(28)29/h3-5,7,9-11,13,15,25H,6,8,12H2,1-2H3,(H,28,29). The van der Waals surface area contributed by atoms with E-state index in [1.807, 2.05) is 49.5 Å². The maximum absolute atomic E-state index is 13.7. The van der Waals surface area contributed by atoms with Gasteiger partial charge in [0.2, 0.25) is 0 Å². The molecule has 1 atom stereocenters. The van der Waals surface area contributed by atoms with Crippen LogP contribution in [0.15, 0.2) is 59.0 Å². The van der Waals surface area contributed by atoms with Gasteiger partial charge in [-0.05, 0) is 56.9 Å². The molecule has 1 aliphatic carbocycles. The lowest BCUT2D eigenvalue weighted by Gasteiger charge is -2.14. The molecule has 152 valence electrons. The van der Waals surface area contributed by atoms with Crippen LogP contribution in [0.5, 0.6) is 0 Å². The summed E-state index contributed by atoms with van der Waals surface area (Å²) >= 11 is 0. The van der Waals surface area contributed by atoms with Crippen molar-refractivity contribution in [2.45, 2.75) is 39.2 Å². The number of aromatic nitrogens is 3. The molecule has 2 aromatic heterocycles. The second kappa shape index (κ2) is 6.76. The molecule has 2 aromatic carbocycles. The quantitative estimate of drug-likeness (QED) is 0.521. The number of carboxylic acids is 1. The second-order valence-electron chi connectivity index (χ2n) is 7.98. The molecular formula is C24H23N3O3. The molecule has 30 heavy (non-hydrogen) atoms. The number of nitrogens with zero attached hydrogens (tertiary/aromatic N) is 2. The summed E-state index contributed by atoms with van der Waals surface area (Å²) in [6.07, 6.45) is 3.81. The minimum absolute atomic E-state index is 0.192. The van der Waals surface area contributed by atoms with Gasteiger partial charge >= 0.3 is 11.7 Å². The molecule has 5 rings (SSSR count). The Morgan fingerprint density at radius 1 is 1.10 bits per heavy atom. The molecule has 6 nitrogen and oxygen atoms in total. The van der Waals surface area contributed by atoms with E-state index in [0.717, 1.165) is 39.5 Å². The average molecular weight is 401 g/mol. The summed E-state index contributed by atoms with van der Waals surface area (Å²) in [6, 6.07) is 13.5. The molecule has 0 fully saturated rings. The van der Waals surface area contributed by atoms with Crippen LogP contribution in [0.2, 0.25) is 0 Å². The topological polar surface area (TPSA) is 80.0 Å².